The second kappa shape index (κ2) is 7.95. The van der Waals surface area contributed by atoms with E-state index in [1.54, 1.807) is 25.7 Å². The number of hydrogen-bond donors (Lipinski definition) is 1. The Bertz CT molecular complexity index is 475. The van der Waals surface area contributed by atoms with Crippen molar-refractivity contribution in [1.82, 2.24) is 0 Å². The van der Waals surface area contributed by atoms with E-state index < -0.39 is 0 Å². The van der Waals surface area contributed by atoms with Crippen LogP contribution in [0.15, 0.2) is 0 Å². The largest absolute Gasteiger partial charge is 0.299 e. The number of ketones is 1. The quantitative estimate of drug-likeness (QED) is 0.579. The van der Waals surface area contributed by atoms with Gasteiger partial charge in [-0.15, -0.1) is 0 Å². The number of Topliss-reactive ketones (excluding diaryl/α,β-unsaturated/α-hetero) is 1. The molecule has 8 atom stereocenters. The van der Waals surface area contributed by atoms with E-state index in [2.05, 4.69) is 19.6 Å². The average molecular weight is 363 g/mol. The van der Waals surface area contributed by atoms with Crippen LogP contribution in [0.3, 0.4) is 0 Å². The summed E-state index contributed by atoms with van der Waals surface area (Å²) in [6.07, 6.45) is 17.1. The van der Waals surface area contributed by atoms with Gasteiger partial charge >= 0.3 is 0 Å². The third-order valence-electron chi connectivity index (χ3n) is 9.04. The number of thiol groups is 1. The van der Waals surface area contributed by atoms with E-state index in [4.69, 9.17) is 0 Å². The first-order valence-corrected chi connectivity index (χ1v) is 11.9. The van der Waals surface area contributed by atoms with E-state index in [0.717, 1.165) is 60.2 Å². The van der Waals surface area contributed by atoms with Crippen LogP contribution in [-0.4, -0.2) is 11.5 Å². The molecule has 0 radical (unpaired) electrons. The molecule has 0 aromatic rings. The lowest BCUT2D eigenvalue weighted by Crippen LogP contribution is -2.44. The minimum Gasteiger partial charge on any atom is -0.299 e. The minimum atomic E-state index is 0.337. The molecule has 4 fully saturated rings. The Morgan fingerprint density at radius 3 is 2.32 bits per heavy atom. The number of carbonyl (C=O) groups excluding carboxylic acids is 1. The molecule has 0 aromatic carbocycles. The third-order valence-corrected chi connectivity index (χ3v) is 9.39. The molecule has 0 amide bonds. The van der Waals surface area contributed by atoms with Crippen LogP contribution in [0.2, 0.25) is 0 Å². The number of carbonyl (C=O) groups is 1. The molecule has 1 nitrogen and oxygen atoms in total. The van der Waals surface area contributed by atoms with Gasteiger partial charge in [-0.05, 0) is 98.7 Å². The van der Waals surface area contributed by atoms with Gasteiger partial charge in [0, 0.05) is 12.2 Å². The Morgan fingerprint density at radius 1 is 0.840 bits per heavy atom. The van der Waals surface area contributed by atoms with Crippen molar-refractivity contribution in [3.63, 3.8) is 0 Å². The van der Waals surface area contributed by atoms with Crippen LogP contribution >= 0.6 is 12.6 Å². The minimum absolute atomic E-state index is 0.337. The van der Waals surface area contributed by atoms with Crippen LogP contribution in [0.4, 0.5) is 0 Å². The second-order valence-electron chi connectivity index (χ2n) is 9.97. The molecule has 0 aliphatic heterocycles. The second-order valence-corrected chi connectivity index (χ2v) is 10.3. The van der Waals surface area contributed by atoms with E-state index in [1.165, 1.54) is 38.5 Å². The molecule has 4 aliphatic carbocycles. The molecule has 0 spiro atoms. The van der Waals surface area contributed by atoms with Gasteiger partial charge in [0.1, 0.15) is 5.78 Å². The highest BCUT2D eigenvalue weighted by Gasteiger charge is 2.51. The van der Waals surface area contributed by atoms with Gasteiger partial charge in [-0.2, -0.15) is 12.6 Å². The predicted molar refractivity (Wildman–Crippen MR) is 108 cm³/mol. The van der Waals surface area contributed by atoms with Crippen LogP contribution in [0.1, 0.15) is 84.0 Å². The fraction of sp³-hybridized carbons (Fsp3) is 0.957. The summed E-state index contributed by atoms with van der Waals surface area (Å²) in [6.45, 7) is 2.43. The van der Waals surface area contributed by atoms with Gasteiger partial charge in [0.2, 0.25) is 0 Å². The Hall–Kier alpha value is 0.0200. The van der Waals surface area contributed by atoms with E-state index >= 15 is 0 Å². The monoisotopic (exact) mass is 362 g/mol. The molecule has 2 heteroatoms. The highest BCUT2D eigenvalue weighted by molar-refractivity contribution is 7.81. The van der Waals surface area contributed by atoms with Gasteiger partial charge in [0.15, 0.2) is 0 Å². The average Bonchev–Trinajstić information content (AvgIpc) is 3.10. The first kappa shape index (κ1) is 18.4. The van der Waals surface area contributed by atoms with Gasteiger partial charge in [-0.25, -0.2) is 0 Å². The standard InChI is InChI=1S/C23H38OS/c1-15(6-8-17(24)14-25)18-10-11-23-20(18)12-13-21-19-5-3-2-4-16(19)7-9-22(21)23/h15-16,18-23,25H,2-14H2,1H3. The molecule has 0 aromatic heterocycles. The van der Waals surface area contributed by atoms with E-state index in [0.29, 0.717) is 11.5 Å². The SMILES string of the molecule is CC(CCC(=O)CS)C1CCC2C1CCC1C3CCCCC3CCC12. The van der Waals surface area contributed by atoms with Crippen LogP contribution in [0.25, 0.3) is 0 Å². The molecule has 0 heterocycles. The Kier molecular flexibility index (Phi) is 5.85. The highest BCUT2D eigenvalue weighted by atomic mass is 32.1. The summed E-state index contributed by atoms with van der Waals surface area (Å²) in [5.74, 6) is 8.77. The first-order chi connectivity index (χ1) is 12.2. The molecule has 4 rings (SSSR count). The summed E-state index contributed by atoms with van der Waals surface area (Å²) in [6, 6.07) is 0. The summed E-state index contributed by atoms with van der Waals surface area (Å²) in [7, 11) is 0. The van der Waals surface area contributed by atoms with Crippen molar-refractivity contribution < 1.29 is 4.79 Å². The first-order valence-electron chi connectivity index (χ1n) is 11.3. The van der Waals surface area contributed by atoms with Crippen molar-refractivity contribution in [2.75, 3.05) is 5.75 Å². The fourth-order valence-electron chi connectivity index (χ4n) is 7.92. The Balaban J connectivity index is 1.39. The van der Waals surface area contributed by atoms with Crippen molar-refractivity contribution in [3.8, 4) is 0 Å². The zero-order chi connectivity index (χ0) is 17.4. The van der Waals surface area contributed by atoms with Crippen molar-refractivity contribution in [2.45, 2.75) is 84.0 Å². The molecular formula is C23H38OS. The topological polar surface area (TPSA) is 17.1 Å². The molecule has 25 heavy (non-hydrogen) atoms. The number of hydrogen-bond acceptors (Lipinski definition) is 2. The smallest absolute Gasteiger partial charge is 0.142 e. The number of rotatable bonds is 5. The molecule has 0 saturated heterocycles. The lowest BCUT2D eigenvalue weighted by Gasteiger charge is -2.52. The summed E-state index contributed by atoms with van der Waals surface area (Å²) in [4.78, 5) is 11.7. The summed E-state index contributed by atoms with van der Waals surface area (Å²) >= 11 is 4.14. The normalized spacial score (nSPS) is 44.5. The van der Waals surface area contributed by atoms with Gasteiger partial charge < -0.3 is 0 Å². The highest BCUT2D eigenvalue weighted by Crippen LogP contribution is 2.60. The number of fused-ring (bicyclic) bond motifs is 5. The maximum atomic E-state index is 11.7. The Labute approximate surface area is 160 Å². The molecule has 142 valence electrons. The molecule has 8 unspecified atom stereocenters. The lowest BCUT2D eigenvalue weighted by molar-refractivity contribution is -0.117. The zero-order valence-electron chi connectivity index (χ0n) is 16.2. The summed E-state index contributed by atoms with van der Waals surface area (Å²) in [5, 5.41) is 0. The van der Waals surface area contributed by atoms with Crippen LogP contribution in [-0.2, 0) is 4.79 Å². The van der Waals surface area contributed by atoms with E-state index in [-0.39, 0.29) is 0 Å². The van der Waals surface area contributed by atoms with Crippen molar-refractivity contribution >= 4 is 18.4 Å². The van der Waals surface area contributed by atoms with Gasteiger partial charge in [0.25, 0.3) is 0 Å². The van der Waals surface area contributed by atoms with E-state index in [9.17, 15) is 4.79 Å². The van der Waals surface area contributed by atoms with Gasteiger partial charge in [0.05, 0.1) is 0 Å². The van der Waals surface area contributed by atoms with Gasteiger partial charge in [-0.1, -0.05) is 26.2 Å². The van der Waals surface area contributed by atoms with Gasteiger partial charge in [-0.3, -0.25) is 4.79 Å². The zero-order valence-corrected chi connectivity index (χ0v) is 17.1. The molecule has 0 N–H and O–H groups in total. The van der Waals surface area contributed by atoms with Crippen LogP contribution in [0.5, 0.6) is 0 Å². The molecular weight excluding hydrogens is 324 g/mol. The summed E-state index contributed by atoms with van der Waals surface area (Å²) < 4.78 is 0. The lowest BCUT2D eigenvalue weighted by atomic mass is 9.53. The van der Waals surface area contributed by atoms with Crippen molar-refractivity contribution in [3.05, 3.63) is 0 Å². The maximum absolute atomic E-state index is 11.7. The van der Waals surface area contributed by atoms with Crippen LogP contribution < -0.4 is 0 Å². The van der Waals surface area contributed by atoms with Crippen LogP contribution in [0, 0.1) is 47.3 Å². The predicted octanol–water partition coefficient (Wildman–Crippen LogP) is 6.17. The molecule has 0 bridgehead atoms. The van der Waals surface area contributed by atoms with Crippen molar-refractivity contribution in [1.29, 1.82) is 0 Å². The molecule has 4 aliphatic rings. The Morgan fingerprint density at radius 2 is 1.48 bits per heavy atom. The molecule has 4 saturated carbocycles. The van der Waals surface area contributed by atoms with E-state index in [1.807, 2.05) is 0 Å². The fourth-order valence-corrected chi connectivity index (χ4v) is 8.08. The van der Waals surface area contributed by atoms with Crippen molar-refractivity contribution in [2.24, 2.45) is 47.3 Å². The maximum Gasteiger partial charge on any atom is 0.142 e. The third kappa shape index (κ3) is 3.58. The summed E-state index contributed by atoms with van der Waals surface area (Å²) in [5.41, 5.74) is 0.